The number of aromatic nitrogens is 2. The van der Waals surface area contributed by atoms with Crippen molar-refractivity contribution in [1.29, 1.82) is 0 Å². The van der Waals surface area contributed by atoms with E-state index in [1.807, 2.05) is 38.1 Å². The summed E-state index contributed by atoms with van der Waals surface area (Å²) in [5, 5.41) is 2.88. The maximum absolute atomic E-state index is 13.3. The lowest BCUT2D eigenvalue weighted by molar-refractivity contribution is -0.144. The molecule has 29 heavy (non-hydrogen) atoms. The van der Waals surface area contributed by atoms with Crippen molar-refractivity contribution in [2.45, 2.75) is 38.8 Å². The van der Waals surface area contributed by atoms with E-state index in [1.54, 1.807) is 18.3 Å². The lowest BCUT2D eigenvalue weighted by atomic mass is 9.95. The Morgan fingerprint density at radius 2 is 2.17 bits per heavy atom. The highest BCUT2D eigenvalue weighted by Crippen LogP contribution is 2.34. The first kappa shape index (κ1) is 20.7. The van der Waals surface area contributed by atoms with Gasteiger partial charge in [0.25, 0.3) is 0 Å². The van der Waals surface area contributed by atoms with Gasteiger partial charge >= 0.3 is 12.0 Å². The molecule has 0 saturated heterocycles. The van der Waals surface area contributed by atoms with Crippen molar-refractivity contribution in [2.75, 3.05) is 20.8 Å². The minimum atomic E-state index is -0.705. The average Bonchev–Trinajstić information content (AvgIpc) is 3.24. The molecule has 0 fully saturated rings. The number of urea groups is 1. The second-order valence-electron chi connectivity index (χ2n) is 7.22. The van der Waals surface area contributed by atoms with Gasteiger partial charge in [-0.1, -0.05) is 32.4 Å². The molecule has 3 rings (SSSR count). The number of nitrogens with one attached hydrogen (secondary N) is 2. The number of imidazole rings is 1. The van der Waals surface area contributed by atoms with Crippen LogP contribution in [0, 0.1) is 5.92 Å². The molecule has 8 nitrogen and oxygen atoms in total. The molecule has 2 aromatic rings. The molecular formula is C21H28N4O4. The molecule has 2 N–H and O–H groups in total. The number of amides is 2. The maximum Gasteiger partial charge on any atom is 0.328 e. The summed E-state index contributed by atoms with van der Waals surface area (Å²) in [5.74, 6) is 0.216. The number of aromatic amines is 1. The minimum Gasteiger partial charge on any atom is -0.497 e. The molecule has 0 saturated carbocycles. The summed E-state index contributed by atoms with van der Waals surface area (Å²) in [6.45, 7) is 4.39. The molecule has 156 valence electrons. The number of carbonyl (C=O) groups is 2. The Bertz CT molecular complexity index is 866. The van der Waals surface area contributed by atoms with Crippen molar-refractivity contribution in [3.63, 3.8) is 0 Å². The van der Waals surface area contributed by atoms with E-state index >= 15 is 0 Å². The molecule has 0 unspecified atom stereocenters. The van der Waals surface area contributed by atoms with Crippen LogP contribution in [-0.2, 0) is 16.0 Å². The van der Waals surface area contributed by atoms with Crippen molar-refractivity contribution < 1.29 is 19.1 Å². The Kier molecular flexibility index (Phi) is 6.41. The van der Waals surface area contributed by atoms with Crippen molar-refractivity contribution in [1.82, 2.24) is 20.2 Å². The molecule has 0 aliphatic carbocycles. The van der Waals surface area contributed by atoms with Crippen molar-refractivity contribution in [2.24, 2.45) is 5.92 Å². The van der Waals surface area contributed by atoms with Crippen LogP contribution in [0.2, 0.25) is 0 Å². The Balaban J connectivity index is 1.93. The zero-order valence-corrected chi connectivity index (χ0v) is 17.3. The smallest absolute Gasteiger partial charge is 0.328 e. The third-order valence-electron chi connectivity index (χ3n) is 5.54. The van der Waals surface area contributed by atoms with Crippen LogP contribution in [0.1, 0.15) is 43.3 Å². The molecule has 1 aliphatic heterocycles. The topological polar surface area (TPSA) is 96.5 Å². The van der Waals surface area contributed by atoms with Crippen LogP contribution < -0.4 is 10.1 Å². The lowest BCUT2D eigenvalue weighted by Crippen LogP contribution is -2.53. The van der Waals surface area contributed by atoms with Gasteiger partial charge in [0, 0.05) is 18.7 Å². The van der Waals surface area contributed by atoms with E-state index in [9.17, 15) is 9.59 Å². The molecule has 2 heterocycles. The third-order valence-corrected chi connectivity index (χ3v) is 5.54. The van der Waals surface area contributed by atoms with Gasteiger partial charge in [0.15, 0.2) is 0 Å². The van der Waals surface area contributed by atoms with Crippen molar-refractivity contribution in [3.8, 4) is 5.75 Å². The molecule has 0 bridgehead atoms. The molecular weight excluding hydrogens is 372 g/mol. The van der Waals surface area contributed by atoms with Crippen LogP contribution in [0.25, 0.3) is 0 Å². The maximum atomic E-state index is 13.3. The largest absolute Gasteiger partial charge is 0.497 e. The van der Waals surface area contributed by atoms with Gasteiger partial charge in [-0.05, 0) is 23.6 Å². The number of hydrogen-bond donors (Lipinski definition) is 2. The number of benzene rings is 1. The first-order valence-electron chi connectivity index (χ1n) is 9.81. The number of esters is 1. The fourth-order valence-electron chi connectivity index (χ4n) is 3.66. The predicted molar refractivity (Wildman–Crippen MR) is 108 cm³/mol. The van der Waals surface area contributed by atoms with Crippen molar-refractivity contribution >= 4 is 12.0 Å². The quantitative estimate of drug-likeness (QED) is 0.727. The lowest BCUT2D eigenvalue weighted by Gasteiger charge is -2.36. The number of methoxy groups -OCH3 is 2. The zero-order chi connectivity index (χ0) is 21.0. The van der Waals surface area contributed by atoms with Crippen LogP contribution in [0.5, 0.6) is 5.75 Å². The Hall–Kier alpha value is -3.03. The summed E-state index contributed by atoms with van der Waals surface area (Å²) >= 11 is 0. The minimum absolute atomic E-state index is 0.0487. The number of H-pyrrole nitrogens is 1. The standard InChI is InChI=1S/C21H28N4O4/c1-5-13(2)17(20(26)29-4)24-21(27)25-10-9-16-18(23-12-22-16)19(25)14-7-6-8-15(11-14)28-3/h6-8,11-13,17,19H,5,9-10H2,1-4H3,(H,22,23)(H,24,27)/t13-,17+,19-/m0/s1. The second kappa shape index (κ2) is 8.98. The number of fused-ring (bicyclic) bond motifs is 1. The number of hydrogen-bond acceptors (Lipinski definition) is 5. The third kappa shape index (κ3) is 4.21. The summed E-state index contributed by atoms with van der Waals surface area (Å²) < 4.78 is 10.3. The fourth-order valence-corrected chi connectivity index (χ4v) is 3.66. The van der Waals surface area contributed by atoms with Crippen molar-refractivity contribution in [3.05, 3.63) is 47.5 Å². The molecule has 3 atom stereocenters. The molecule has 2 amide bonds. The Morgan fingerprint density at radius 3 is 2.86 bits per heavy atom. The van der Waals surface area contributed by atoms with Gasteiger partial charge in [-0.15, -0.1) is 0 Å². The first-order valence-corrected chi connectivity index (χ1v) is 9.81. The fraction of sp³-hybridized carbons (Fsp3) is 0.476. The summed E-state index contributed by atoms with van der Waals surface area (Å²) in [4.78, 5) is 34.8. The summed E-state index contributed by atoms with van der Waals surface area (Å²) in [5.41, 5.74) is 2.71. The zero-order valence-electron chi connectivity index (χ0n) is 17.3. The van der Waals surface area contributed by atoms with E-state index in [-0.39, 0.29) is 18.0 Å². The second-order valence-corrected chi connectivity index (χ2v) is 7.22. The Labute approximate surface area is 170 Å². The van der Waals surface area contributed by atoms with Crippen LogP contribution in [0.15, 0.2) is 30.6 Å². The number of nitrogens with zero attached hydrogens (tertiary/aromatic N) is 2. The predicted octanol–water partition coefficient (Wildman–Crippen LogP) is 2.66. The van der Waals surface area contributed by atoms with E-state index in [1.165, 1.54) is 7.11 Å². The Morgan fingerprint density at radius 1 is 1.38 bits per heavy atom. The monoisotopic (exact) mass is 400 g/mol. The van der Waals surface area contributed by atoms with Gasteiger partial charge in [0.2, 0.25) is 0 Å². The SMILES string of the molecule is CC[C@H](C)[C@@H](NC(=O)N1CCc2[nH]cnc2[C@@H]1c1cccc(OC)c1)C(=O)OC. The highest BCUT2D eigenvalue weighted by Gasteiger charge is 2.36. The van der Waals surface area contributed by atoms with Gasteiger partial charge in [-0.3, -0.25) is 0 Å². The highest BCUT2D eigenvalue weighted by atomic mass is 16.5. The van der Waals surface area contributed by atoms with Gasteiger partial charge in [-0.25, -0.2) is 14.6 Å². The summed E-state index contributed by atoms with van der Waals surface area (Å²) in [6.07, 6.45) is 3.05. The average molecular weight is 400 g/mol. The molecule has 1 aromatic heterocycles. The molecule has 0 radical (unpaired) electrons. The van der Waals surface area contributed by atoms with E-state index in [4.69, 9.17) is 9.47 Å². The van der Waals surface area contributed by atoms with Crippen LogP contribution in [0.3, 0.4) is 0 Å². The first-order chi connectivity index (χ1) is 14.0. The van der Waals surface area contributed by atoms with Crippen LogP contribution >= 0.6 is 0 Å². The summed E-state index contributed by atoms with van der Waals surface area (Å²) in [6, 6.07) is 6.20. The number of carbonyl (C=O) groups excluding carboxylic acids is 2. The normalized spacial score (nSPS) is 17.8. The molecule has 8 heteroatoms. The molecule has 1 aliphatic rings. The van der Waals surface area contributed by atoms with E-state index < -0.39 is 12.0 Å². The van der Waals surface area contributed by atoms with Crippen LogP contribution in [-0.4, -0.2) is 53.7 Å². The number of ether oxygens (including phenoxy) is 2. The molecule has 0 spiro atoms. The van der Waals surface area contributed by atoms with Crippen LogP contribution in [0.4, 0.5) is 4.79 Å². The summed E-state index contributed by atoms with van der Waals surface area (Å²) in [7, 11) is 2.94. The number of rotatable bonds is 6. The molecule has 1 aromatic carbocycles. The van der Waals surface area contributed by atoms with Gasteiger partial charge in [0.05, 0.1) is 26.2 Å². The van der Waals surface area contributed by atoms with E-state index in [2.05, 4.69) is 15.3 Å². The van der Waals surface area contributed by atoms with Gasteiger partial charge < -0.3 is 24.7 Å². The van der Waals surface area contributed by atoms with Gasteiger partial charge in [-0.2, -0.15) is 0 Å². The van der Waals surface area contributed by atoms with Gasteiger partial charge in [0.1, 0.15) is 17.8 Å². The van der Waals surface area contributed by atoms with E-state index in [0.717, 1.165) is 23.4 Å². The van der Waals surface area contributed by atoms with E-state index in [0.29, 0.717) is 18.7 Å². The highest BCUT2D eigenvalue weighted by molar-refractivity contribution is 5.84.